The molecule has 2 saturated carbocycles. The van der Waals surface area contributed by atoms with Crippen LogP contribution in [0.5, 0.6) is 0 Å². The molecule has 0 radical (unpaired) electrons. The molecular formula is C30H50O3. The van der Waals surface area contributed by atoms with Crippen molar-refractivity contribution in [3.05, 3.63) is 22.8 Å². The molecule has 3 nitrogen and oxygen atoms in total. The van der Waals surface area contributed by atoms with Gasteiger partial charge < -0.3 is 15.3 Å². The molecule has 0 amide bonds. The standard InChI is InChI=1S/C30H50O3/c1-19(18-31)8-10-24(32)20(2)21-12-16-30(7)23-9-11-25-27(3,4)26(33)14-15-28(25,5)22(23)13-17-29(21,30)6/h8,20-21,24-26,31-33H,9-18H2,1-7H3. The van der Waals surface area contributed by atoms with Gasteiger partial charge in [0.15, 0.2) is 0 Å². The van der Waals surface area contributed by atoms with Crippen molar-refractivity contribution >= 4 is 0 Å². The monoisotopic (exact) mass is 458 g/mol. The van der Waals surface area contributed by atoms with E-state index in [1.807, 2.05) is 13.0 Å². The van der Waals surface area contributed by atoms with Gasteiger partial charge in [-0.3, -0.25) is 0 Å². The molecule has 0 spiro atoms. The summed E-state index contributed by atoms with van der Waals surface area (Å²) in [5.41, 5.74) is 5.15. The Bertz CT molecular complexity index is 824. The highest BCUT2D eigenvalue weighted by Gasteiger charge is 2.63. The molecule has 2 fully saturated rings. The first kappa shape index (κ1) is 25.5. The highest BCUT2D eigenvalue weighted by molar-refractivity contribution is 5.38. The molecule has 0 aromatic rings. The van der Waals surface area contributed by atoms with Gasteiger partial charge in [-0.2, -0.15) is 0 Å². The molecule has 4 rings (SSSR count). The van der Waals surface area contributed by atoms with Crippen molar-refractivity contribution < 1.29 is 15.3 Å². The Balaban J connectivity index is 1.64. The second-order valence-electron chi connectivity index (χ2n) is 13.6. The van der Waals surface area contributed by atoms with Crippen molar-refractivity contribution in [3.8, 4) is 0 Å². The summed E-state index contributed by atoms with van der Waals surface area (Å²) in [6.45, 7) is 16.5. The summed E-state index contributed by atoms with van der Waals surface area (Å²) in [7, 11) is 0. The summed E-state index contributed by atoms with van der Waals surface area (Å²) >= 11 is 0. The highest BCUT2D eigenvalue weighted by atomic mass is 16.3. The zero-order chi connectivity index (χ0) is 24.4. The van der Waals surface area contributed by atoms with Gasteiger partial charge in [-0.05, 0) is 104 Å². The van der Waals surface area contributed by atoms with Crippen LogP contribution in [0.4, 0.5) is 0 Å². The van der Waals surface area contributed by atoms with Gasteiger partial charge in [-0.15, -0.1) is 0 Å². The zero-order valence-electron chi connectivity index (χ0n) is 22.4. The number of aliphatic hydroxyl groups is 3. The number of hydrogen-bond acceptors (Lipinski definition) is 3. The molecule has 33 heavy (non-hydrogen) atoms. The summed E-state index contributed by atoms with van der Waals surface area (Å²) in [5, 5.41) is 31.2. The Hall–Kier alpha value is -0.640. The van der Waals surface area contributed by atoms with Crippen molar-refractivity contribution in [2.24, 2.45) is 39.4 Å². The number of allylic oxidation sites excluding steroid dienone is 2. The van der Waals surface area contributed by atoms with Crippen molar-refractivity contribution in [2.45, 2.75) is 118 Å². The third-order valence-electron chi connectivity index (χ3n) is 12.0. The lowest BCUT2D eigenvalue weighted by atomic mass is 9.43. The lowest BCUT2D eigenvalue weighted by Gasteiger charge is -2.62. The van der Waals surface area contributed by atoms with Crippen molar-refractivity contribution in [1.82, 2.24) is 0 Å². The zero-order valence-corrected chi connectivity index (χ0v) is 22.4. The Labute approximate surface area is 202 Å². The fourth-order valence-corrected chi connectivity index (χ4v) is 9.43. The molecule has 0 heterocycles. The van der Waals surface area contributed by atoms with Crippen molar-refractivity contribution in [2.75, 3.05) is 6.61 Å². The molecular weight excluding hydrogens is 408 g/mol. The van der Waals surface area contributed by atoms with Crippen molar-refractivity contribution in [1.29, 1.82) is 0 Å². The second-order valence-corrected chi connectivity index (χ2v) is 13.6. The number of fused-ring (bicyclic) bond motifs is 4. The summed E-state index contributed by atoms with van der Waals surface area (Å²) in [5.74, 6) is 1.36. The summed E-state index contributed by atoms with van der Waals surface area (Å²) in [6.07, 6.45) is 11.5. The van der Waals surface area contributed by atoms with Crippen LogP contribution in [0.25, 0.3) is 0 Å². The van der Waals surface area contributed by atoms with Crippen LogP contribution in [0.1, 0.15) is 106 Å². The third-order valence-corrected chi connectivity index (χ3v) is 12.0. The lowest BCUT2D eigenvalue weighted by Crippen LogP contribution is -2.55. The molecule has 0 saturated heterocycles. The number of aliphatic hydroxyl groups excluding tert-OH is 3. The van der Waals surface area contributed by atoms with E-state index in [2.05, 4.69) is 41.5 Å². The maximum absolute atomic E-state index is 11.1. The lowest BCUT2D eigenvalue weighted by molar-refractivity contribution is -0.0969. The van der Waals surface area contributed by atoms with Crippen LogP contribution in [0.3, 0.4) is 0 Å². The normalized spacial score (nSPS) is 44.7. The minimum Gasteiger partial charge on any atom is -0.393 e. The van der Waals surface area contributed by atoms with E-state index in [1.165, 1.54) is 38.5 Å². The first-order valence-corrected chi connectivity index (χ1v) is 13.7. The van der Waals surface area contributed by atoms with E-state index in [0.717, 1.165) is 18.4 Å². The van der Waals surface area contributed by atoms with Gasteiger partial charge in [0.05, 0.1) is 18.8 Å². The molecule has 0 aromatic heterocycles. The first-order chi connectivity index (χ1) is 15.3. The van der Waals surface area contributed by atoms with Gasteiger partial charge in [0.2, 0.25) is 0 Å². The van der Waals surface area contributed by atoms with Gasteiger partial charge in [-0.1, -0.05) is 64.3 Å². The second kappa shape index (κ2) is 8.49. The van der Waals surface area contributed by atoms with Gasteiger partial charge in [-0.25, -0.2) is 0 Å². The van der Waals surface area contributed by atoms with E-state index in [4.69, 9.17) is 0 Å². The first-order valence-electron chi connectivity index (χ1n) is 13.7. The number of rotatable bonds is 5. The Kier molecular flexibility index (Phi) is 6.55. The minimum atomic E-state index is -0.347. The third kappa shape index (κ3) is 3.62. The van der Waals surface area contributed by atoms with Crippen molar-refractivity contribution in [3.63, 3.8) is 0 Å². The van der Waals surface area contributed by atoms with Crippen LogP contribution in [0.15, 0.2) is 22.8 Å². The average molecular weight is 459 g/mol. The van der Waals surface area contributed by atoms with E-state index in [0.29, 0.717) is 18.3 Å². The molecule has 4 aliphatic rings. The summed E-state index contributed by atoms with van der Waals surface area (Å²) in [4.78, 5) is 0. The van der Waals surface area contributed by atoms with Gasteiger partial charge in [0, 0.05) is 0 Å². The molecule has 3 N–H and O–H groups in total. The Morgan fingerprint density at radius 3 is 2.36 bits per heavy atom. The predicted octanol–water partition coefficient (Wildman–Crippen LogP) is 6.42. The fourth-order valence-electron chi connectivity index (χ4n) is 9.43. The van der Waals surface area contributed by atoms with Crippen LogP contribution in [0.2, 0.25) is 0 Å². The SMILES string of the molecule is CC(=CCC(O)C(C)C1CCC2(C)C3=C(CCC12C)C1(C)CCC(O)C(C)(C)C1CC3)CO. The molecule has 0 aromatic carbocycles. The van der Waals surface area contributed by atoms with E-state index in [1.54, 1.807) is 11.1 Å². The highest BCUT2D eigenvalue weighted by Crippen LogP contribution is 2.72. The number of hydrogen-bond donors (Lipinski definition) is 3. The molecule has 0 aliphatic heterocycles. The van der Waals surface area contributed by atoms with Crippen LogP contribution in [-0.4, -0.2) is 34.1 Å². The molecule has 188 valence electrons. The Morgan fingerprint density at radius 1 is 1.00 bits per heavy atom. The maximum Gasteiger partial charge on any atom is 0.0639 e. The summed E-state index contributed by atoms with van der Waals surface area (Å²) < 4.78 is 0. The van der Waals surface area contributed by atoms with E-state index >= 15 is 0 Å². The van der Waals surface area contributed by atoms with Gasteiger partial charge >= 0.3 is 0 Å². The van der Waals surface area contributed by atoms with Gasteiger partial charge in [0.1, 0.15) is 0 Å². The van der Waals surface area contributed by atoms with Crippen LogP contribution in [0, 0.1) is 39.4 Å². The van der Waals surface area contributed by atoms with Crippen LogP contribution < -0.4 is 0 Å². The molecule has 8 unspecified atom stereocenters. The quantitative estimate of drug-likeness (QED) is 0.416. The van der Waals surface area contributed by atoms with Crippen LogP contribution in [-0.2, 0) is 0 Å². The average Bonchev–Trinajstić information content (AvgIpc) is 3.05. The van der Waals surface area contributed by atoms with E-state index in [-0.39, 0.29) is 46.4 Å². The minimum absolute atomic E-state index is 0.00968. The molecule has 4 aliphatic carbocycles. The molecule has 8 atom stereocenters. The smallest absolute Gasteiger partial charge is 0.0639 e. The maximum atomic E-state index is 11.1. The van der Waals surface area contributed by atoms with E-state index < -0.39 is 0 Å². The Morgan fingerprint density at radius 2 is 1.70 bits per heavy atom. The van der Waals surface area contributed by atoms with Gasteiger partial charge in [0.25, 0.3) is 0 Å². The van der Waals surface area contributed by atoms with Crippen LogP contribution >= 0.6 is 0 Å². The largest absolute Gasteiger partial charge is 0.393 e. The van der Waals surface area contributed by atoms with E-state index in [9.17, 15) is 15.3 Å². The fraction of sp³-hybridized carbons (Fsp3) is 0.867. The molecule has 3 heteroatoms. The molecule has 0 bridgehead atoms. The summed E-state index contributed by atoms with van der Waals surface area (Å²) in [6, 6.07) is 0. The predicted molar refractivity (Wildman–Crippen MR) is 136 cm³/mol. The topological polar surface area (TPSA) is 60.7 Å².